The molecule has 4 heteroatoms. The van der Waals surface area contributed by atoms with Crippen LogP contribution in [0.2, 0.25) is 0 Å². The van der Waals surface area contributed by atoms with Crippen LogP contribution >= 0.6 is 0 Å². The van der Waals surface area contributed by atoms with Crippen molar-refractivity contribution in [2.24, 2.45) is 11.8 Å². The number of ether oxygens (including phenoxy) is 1. The third-order valence-electron chi connectivity index (χ3n) is 3.47. The molecule has 2 heterocycles. The monoisotopic (exact) mass is 215 g/mol. The predicted octanol–water partition coefficient (Wildman–Crippen LogP) is 0.940. The Balaban J connectivity index is 1.72. The zero-order valence-electron chi connectivity index (χ0n) is 8.89. The van der Waals surface area contributed by atoms with Gasteiger partial charge in [-0.05, 0) is 12.5 Å². The Labute approximate surface area is 94.2 Å². The number of aromatic nitrogens is 1. The summed E-state index contributed by atoms with van der Waals surface area (Å²) >= 11 is 0. The molecule has 1 aliphatic heterocycles. The molecule has 0 aromatic carbocycles. The number of rotatable bonds is 2. The van der Waals surface area contributed by atoms with Crippen molar-refractivity contribution >= 4 is 0 Å². The Kier molecular flexibility index (Phi) is 2.26. The lowest BCUT2D eigenvalue weighted by atomic mass is 9.69. The number of pyridine rings is 1. The topological polar surface area (TPSA) is 57.9 Å². The van der Waals surface area contributed by atoms with E-state index in [1.807, 2.05) is 0 Å². The summed E-state index contributed by atoms with van der Waals surface area (Å²) in [6, 6.07) is 5.49. The molecule has 3 rings (SSSR count). The minimum atomic E-state index is 0.294. The summed E-state index contributed by atoms with van der Waals surface area (Å²) in [4.78, 5) is 4.14. The van der Waals surface area contributed by atoms with Crippen molar-refractivity contribution in [3.05, 3.63) is 23.9 Å². The fraction of sp³-hybridized carbons (Fsp3) is 0.500. The van der Waals surface area contributed by atoms with E-state index in [9.17, 15) is 0 Å². The Bertz CT molecular complexity index is 426. The number of nitriles is 1. The molecule has 1 N–H and O–H groups in total. The number of hydrogen-bond acceptors (Lipinski definition) is 4. The van der Waals surface area contributed by atoms with Crippen LogP contribution in [0, 0.1) is 23.2 Å². The van der Waals surface area contributed by atoms with E-state index >= 15 is 0 Å². The molecule has 1 aromatic rings. The van der Waals surface area contributed by atoms with Gasteiger partial charge in [-0.15, -0.1) is 0 Å². The molecule has 1 aliphatic carbocycles. The highest BCUT2D eigenvalue weighted by Gasteiger charge is 2.45. The molecule has 1 saturated carbocycles. The molecular weight excluding hydrogens is 202 g/mol. The zero-order chi connectivity index (χ0) is 11.0. The molecule has 1 aromatic heterocycles. The molecule has 2 aliphatic rings. The average molecular weight is 215 g/mol. The number of fused-ring (bicyclic) bond motifs is 2. The lowest BCUT2D eigenvalue weighted by Gasteiger charge is -2.48. The highest BCUT2D eigenvalue weighted by molar-refractivity contribution is 5.31. The summed E-state index contributed by atoms with van der Waals surface area (Å²) in [5, 5.41) is 12.2. The first-order chi connectivity index (χ1) is 7.86. The fourth-order valence-corrected chi connectivity index (χ4v) is 2.57. The molecule has 3 atom stereocenters. The van der Waals surface area contributed by atoms with Gasteiger partial charge in [-0.3, -0.25) is 0 Å². The van der Waals surface area contributed by atoms with Crippen molar-refractivity contribution in [2.75, 3.05) is 13.1 Å². The highest BCUT2D eigenvalue weighted by atomic mass is 16.5. The highest BCUT2D eigenvalue weighted by Crippen LogP contribution is 2.39. The van der Waals surface area contributed by atoms with Crippen LogP contribution in [0.15, 0.2) is 18.3 Å². The van der Waals surface area contributed by atoms with E-state index in [0.29, 0.717) is 29.4 Å². The van der Waals surface area contributed by atoms with Crippen molar-refractivity contribution < 1.29 is 4.74 Å². The Hall–Kier alpha value is -1.60. The Morgan fingerprint density at radius 2 is 2.25 bits per heavy atom. The summed E-state index contributed by atoms with van der Waals surface area (Å²) < 4.78 is 5.86. The lowest BCUT2D eigenvalue weighted by Crippen LogP contribution is -2.59. The minimum Gasteiger partial charge on any atom is -0.474 e. The average Bonchev–Trinajstić information content (AvgIpc) is 2.37. The van der Waals surface area contributed by atoms with Gasteiger partial charge in [0.2, 0.25) is 5.88 Å². The quantitative estimate of drug-likeness (QED) is 0.797. The standard InChI is InChI=1S/C12H13N3O/c13-5-8-1-2-15-11(3-8)16-12-9-4-10(12)7-14-6-9/h1-3,9-10,12,14H,4,6-7H2/t9-,10+,12?. The first-order valence-electron chi connectivity index (χ1n) is 5.60. The van der Waals surface area contributed by atoms with Crippen LogP contribution in [0.3, 0.4) is 0 Å². The predicted molar refractivity (Wildman–Crippen MR) is 57.8 cm³/mol. The molecule has 82 valence electrons. The van der Waals surface area contributed by atoms with Gasteiger partial charge in [-0.1, -0.05) is 0 Å². The second-order valence-corrected chi connectivity index (χ2v) is 4.49. The molecule has 1 saturated heterocycles. The SMILES string of the molecule is N#Cc1ccnc(OC2[C@@H]3CNC[C@H]2C3)c1. The number of piperidine rings is 2. The van der Waals surface area contributed by atoms with E-state index < -0.39 is 0 Å². The fourth-order valence-electron chi connectivity index (χ4n) is 2.57. The first kappa shape index (κ1) is 9.61. The van der Waals surface area contributed by atoms with Gasteiger partial charge in [0, 0.05) is 37.2 Å². The van der Waals surface area contributed by atoms with Crippen molar-refractivity contribution in [3.8, 4) is 11.9 Å². The van der Waals surface area contributed by atoms with Gasteiger partial charge < -0.3 is 10.1 Å². The van der Waals surface area contributed by atoms with Gasteiger partial charge in [0.05, 0.1) is 11.6 Å². The van der Waals surface area contributed by atoms with Gasteiger partial charge >= 0.3 is 0 Å². The first-order valence-corrected chi connectivity index (χ1v) is 5.60. The second-order valence-electron chi connectivity index (χ2n) is 4.49. The van der Waals surface area contributed by atoms with Gasteiger partial charge in [0.15, 0.2) is 0 Å². The summed E-state index contributed by atoms with van der Waals surface area (Å²) in [6.45, 7) is 2.08. The number of hydrogen-bond donors (Lipinski definition) is 1. The van der Waals surface area contributed by atoms with Gasteiger partial charge in [-0.2, -0.15) is 5.26 Å². The lowest BCUT2D eigenvalue weighted by molar-refractivity contribution is -0.0470. The van der Waals surface area contributed by atoms with Crippen LogP contribution in [0.5, 0.6) is 5.88 Å². The maximum Gasteiger partial charge on any atom is 0.214 e. The van der Waals surface area contributed by atoms with Crippen LogP contribution in [0.1, 0.15) is 12.0 Å². The maximum absolute atomic E-state index is 8.79. The third-order valence-corrected chi connectivity index (χ3v) is 3.47. The molecule has 0 spiro atoms. The van der Waals surface area contributed by atoms with E-state index in [-0.39, 0.29) is 0 Å². The Morgan fingerprint density at radius 1 is 1.44 bits per heavy atom. The van der Waals surface area contributed by atoms with Gasteiger partial charge in [-0.25, -0.2) is 4.98 Å². The van der Waals surface area contributed by atoms with E-state index in [4.69, 9.17) is 10.00 Å². The molecule has 0 radical (unpaired) electrons. The molecule has 2 fully saturated rings. The summed E-state index contributed by atoms with van der Waals surface area (Å²) in [5.41, 5.74) is 0.604. The van der Waals surface area contributed by atoms with Gasteiger partial charge in [0.25, 0.3) is 0 Å². The number of nitrogens with one attached hydrogen (secondary N) is 1. The summed E-state index contributed by atoms with van der Waals surface area (Å²) in [7, 11) is 0. The minimum absolute atomic E-state index is 0.294. The summed E-state index contributed by atoms with van der Waals surface area (Å²) in [6.07, 6.45) is 3.18. The van der Waals surface area contributed by atoms with Crippen molar-refractivity contribution in [3.63, 3.8) is 0 Å². The molecule has 4 nitrogen and oxygen atoms in total. The van der Waals surface area contributed by atoms with Crippen LogP contribution < -0.4 is 10.1 Å². The van der Waals surface area contributed by atoms with Crippen molar-refractivity contribution in [1.82, 2.24) is 10.3 Å². The maximum atomic E-state index is 8.79. The molecule has 2 bridgehead atoms. The largest absolute Gasteiger partial charge is 0.474 e. The molecular formula is C12H13N3O. The second kappa shape index (κ2) is 3.76. The molecule has 16 heavy (non-hydrogen) atoms. The van der Waals surface area contributed by atoms with E-state index in [1.165, 1.54) is 6.42 Å². The van der Waals surface area contributed by atoms with Crippen LogP contribution in [0.4, 0.5) is 0 Å². The van der Waals surface area contributed by atoms with Gasteiger partial charge in [0.1, 0.15) is 6.10 Å². The normalized spacial score (nSPS) is 31.3. The van der Waals surface area contributed by atoms with Crippen molar-refractivity contribution in [1.29, 1.82) is 5.26 Å². The Morgan fingerprint density at radius 3 is 2.94 bits per heavy atom. The van der Waals surface area contributed by atoms with E-state index in [1.54, 1.807) is 18.3 Å². The van der Waals surface area contributed by atoms with E-state index in [0.717, 1.165) is 13.1 Å². The van der Waals surface area contributed by atoms with Crippen LogP contribution in [-0.4, -0.2) is 24.2 Å². The molecule has 0 amide bonds. The third kappa shape index (κ3) is 1.54. The van der Waals surface area contributed by atoms with Crippen molar-refractivity contribution in [2.45, 2.75) is 12.5 Å². The zero-order valence-corrected chi connectivity index (χ0v) is 8.89. The molecule has 1 unspecified atom stereocenters. The van der Waals surface area contributed by atoms with Crippen LogP contribution in [0.25, 0.3) is 0 Å². The number of nitrogens with zero attached hydrogens (tertiary/aromatic N) is 2. The summed E-state index contributed by atoms with van der Waals surface area (Å²) in [5.74, 6) is 1.82. The van der Waals surface area contributed by atoms with E-state index in [2.05, 4.69) is 16.4 Å². The smallest absolute Gasteiger partial charge is 0.214 e. The van der Waals surface area contributed by atoms with Crippen LogP contribution in [-0.2, 0) is 0 Å².